The van der Waals surface area contributed by atoms with Crippen molar-refractivity contribution in [1.29, 1.82) is 0 Å². The summed E-state index contributed by atoms with van der Waals surface area (Å²) in [5.41, 5.74) is 0. The molecule has 0 aliphatic carbocycles. The number of rotatable bonds is 3. The summed E-state index contributed by atoms with van der Waals surface area (Å²) in [5.74, 6) is 0.0559. The minimum absolute atomic E-state index is 0.0559. The Morgan fingerprint density at radius 1 is 1.57 bits per heavy atom. The van der Waals surface area contributed by atoms with Crippen LogP contribution in [0.2, 0.25) is 0 Å². The largest absolute Gasteiger partial charge is 0.401 e. The Hall–Kier alpha value is -0.190. The zero-order valence-corrected chi connectivity index (χ0v) is 8.63. The molecule has 14 heavy (non-hydrogen) atoms. The van der Waals surface area contributed by atoms with Gasteiger partial charge in [-0.2, -0.15) is 13.2 Å². The molecule has 0 spiro atoms. The van der Waals surface area contributed by atoms with Gasteiger partial charge in [-0.05, 0) is 0 Å². The monoisotopic (exact) mass is 228 g/mol. The lowest BCUT2D eigenvalue weighted by Crippen LogP contribution is -2.36. The maximum Gasteiger partial charge on any atom is 0.401 e. The quantitative estimate of drug-likeness (QED) is 0.717. The van der Waals surface area contributed by atoms with E-state index in [9.17, 15) is 18.0 Å². The van der Waals surface area contributed by atoms with Crippen molar-refractivity contribution in [2.24, 2.45) is 0 Å². The molecule has 0 aromatic rings. The molecule has 0 radical (unpaired) electrons. The molecule has 0 bridgehead atoms. The van der Waals surface area contributed by atoms with Crippen molar-refractivity contribution in [3.05, 3.63) is 0 Å². The summed E-state index contributed by atoms with van der Waals surface area (Å²) in [6.07, 6.45) is -3.87. The fraction of sp³-hybridized carbons (Fsp3) is 0.857. The number of halogens is 3. The van der Waals surface area contributed by atoms with Crippen molar-refractivity contribution in [2.45, 2.75) is 18.6 Å². The van der Waals surface area contributed by atoms with Crippen molar-refractivity contribution in [1.82, 2.24) is 9.99 Å². The highest BCUT2D eigenvalue weighted by Gasteiger charge is 2.31. The smallest absolute Gasteiger partial charge is 0.305 e. The van der Waals surface area contributed by atoms with Gasteiger partial charge in [0.15, 0.2) is 0 Å². The summed E-state index contributed by atoms with van der Waals surface area (Å²) in [6.45, 7) is -0.477. The van der Waals surface area contributed by atoms with E-state index in [4.69, 9.17) is 0 Å². The second-order valence-electron chi connectivity index (χ2n) is 3.37. The molecule has 1 fully saturated rings. The number of nitrogens with zero attached hydrogens (tertiary/aromatic N) is 1. The number of carbonyl (C=O) groups is 1. The summed E-state index contributed by atoms with van der Waals surface area (Å²) in [4.78, 5) is 10.8. The summed E-state index contributed by atoms with van der Waals surface area (Å²) in [6, 6.07) is -0.151. The first-order chi connectivity index (χ1) is 6.37. The van der Waals surface area contributed by atoms with Gasteiger partial charge in [0.1, 0.15) is 5.78 Å². The van der Waals surface area contributed by atoms with E-state index in [1.54, 1.807) is 0 Å². The second kappa shape index (κ2) is 4.55. The molecular weight excluding hydrogens is 216 g/mol. The Morgan fingerprint density at radius 3 is 2.64 bits per heavy atom. The molecule has 0 amide bonds. The van der Waals surface area contributed by atoms with Crippen LogP contribution in [0.15, 0.2) is 0 Å². The van der Waals surface area contributed by atoms with Crippen LogP contribution < -0.4 is 5.32 Å². The van der Waals surface area contributed by atoms with Gasteiger partial charge in [-0.1, -0.05) is 9.39 Å². The van der Waals surface area contributed by atoms with Gasteiger partial charge in [0, 0.05) is 19.0 Å². The Labute approximate surface area is 82.3 Å². The number of ketones is 1. The molecule has 1 rings (SSSR count). The van der Waals surface area contributed by atoms with E-state index in [0.29, 0.717) is 6.42 Å². The van der Waals surface area contributed by atoms with Gasteiger partial charge in [-0.15, -0.1) is 0 Å². The molecule has 1 aliphatic rings. The van der Waals surface area contributed by atoms with Crippen molar-refractivity contribution in [2.75, 3.05) is 19.6 Å². The van der Waals surface area contributed by atoms with Crippen LogP contribution in [0.5, 0.6) is 0 Å². The molecule has 0 aromatic carbocycles. The van der Waals surface area contributed by atoms with Crippen LogP contribution in [0.25, 0.3) is 0 Å². The Balaban J connectivity index is 2.27. The van der Waals surface area contributed by atoms with E-state index in [-0.39, 0.29) is 24.9 Å². The number of hydrogen-bond acceptors (Lipinski definition) is 3. The van der Waals surface area contributed by atoms with E-state index in [0.717, 1.165) is 4.67 Å². The molecule has 7 heteroatoms. The average Bonchev–Trinajstić information content (AvgIpc) is 2.30. The van der Waals surface area contributed by atoms with Crippen LogP contribution in [0.4, 0.5) is 13.2 Å². The molecule has 2 unspecified atom stereocenters. The van der Waals surface area contributed by atoms with Gasteiger partial charge < -0.3 is 5.32 Å². The second-order valence-corrected chi connectivity index (χ2v) is 4.10. The molecule has 1 saturated heterocycles. The van der Waals surface area contributed by atoms with Gasteiger partial charge >= 0.3 is 6.18 Å². The van der Waals surface area contributed by atoms with Gasteiger partial charge in [0.05, 0.1) is 13.1 Å². The SMILES string of the molecule is O=C1CNC(CN(P)CC(F)(F)F)C1. The molecule has 0 aromatic heterocycles. The summed E-state index contributed by atoms with van der Waals surface area (Å²) in [7, 11) is 2.03. The van der Waals surface area contributed by atoms with E-state index in [2.05, 4.69) is 5.32 Å². The average molecular weight is 228 g/mol. The third-order valence-electron chi connectivity index (χ3n) is 1.90. The van der Waals surface area contributed by atoms with Gasteiger partial charge in [0.25, 0.3) is 0 Å². The minimum Gasteiger partial charge on any atom is -0.305 e. The number of Topliss-reactive ketones (excluding diaryl/α,β-unsaturated/α-hetero) is 1. The van der Waals surface area contributed by atoms with Crippen molar-refractivity contribution in [3.63, 3.8) is 0 Å². The molecule has 1 heterocycles. The predicted molar refractivity (Wildman–Crippen MR) is 48.8 cm³/mol. The summed E-state index contributed by atoms with van der Waals surface area (Å²) >= 11 is 0. The Kier molecular flexibility index (Phi) is 3.86. The van der Waals surface area contributed by atoms with Crippen LogP contribution in [0, 0.1) is 0 Å². The van der Waals surface area contributed by atoms with Crippen LogP contribution >= 0.6 is 9.39 Å². The maximum absolute atomic E-state index is 11.9. The van der Waals surface area contributed by atoms with Crippen LogP contribution in [-0.2, 0) is 4.79 Å². The minimum atomic E-state index is -4.19. The van der Waals surface area contributed by atoms with E-state index in [1.165, 1.54) is 0 Å². The van der Waals surface area contributed by atoms with Crippen molar-refractivity contribution >= 4 is 15.2 Å². The molecular formula is C7H12F3N2OP. The van der Waals surface area contributed by atoms with E-state index < -0.39 is 12.7 Å². The van der Waals surface area contributed by atoms with Crippen molar-refractivity contribution < 1.29 is 18.0 Å². The van der Waals surface area contributed by atoms with Gasteiger partial charge in [-0.3, -0.25) is 9.46 Å². The highest BCUT2D eigenvalue weighted by atomic mass is 31.0. The molecule has 3 nitrogen and oxygen atoms in total. The first-order valence-corrected chi connectivity index (χ1v) is 4.70. The molecule has 82 valence electrons. The zero-order chi connectivity index (χ0) is 10.8. The highest BCUT2D eigenvalue weighted by Crippen LogP contribution is 2.19. The summed E-state index contributed by atoms with van der Waals surface area (Å²) in [5, 5.41) is 2.85. The van der Waals surface area contributed by atoms with E-state index >= 15 is 0 Å². The third-order valence-corrected chi connectivity index (χ3v) is 2.29. The lowest BCUT2D eigenvalue weighted by molar-refractivity contribution is -0.135. The number of alkyl halides is 3. The Bertz CT molecular complexity index is 221. The maximum atomic E-state index is 11.9. The standard InChI is InChI=1S/C7H12F3N2OP/c8-7(9,10)4-12(14)3-5-1-6(13)2-11-5/h5,11H,1-4,14H2. The first-order valence-electron chi connectivity index (χ1n) is 4.18. The molecule has 1 aliphatic heterocycles. The topological polar surface area (TPSA) is 32.3 Å². The van der Waals surface area contributed by atoms with Gasteiger partial charge in [-0.25, -0.2) is 0 Å². The third kappa shape index (κ3) is 4.35. The first kappa shape index (κ1) is 11.9. The number of nitrogens with one attached hydrogen (secondary N) is 1. The fourth-order valence-corrected chi connectivity index (χ4v) is 1.85. The number of hydrogen-bond donors (Lipinski definition) is 1. The molecule has 0 saturated carbocycles. The molecule has 2 atom stereocenters. The molecule has 1 N–H and O–H groups in total. The van der Waals surface area contributed by atoms with Gasteiger partial charge in [0.2, 0.25) is 0 Å². The van der Waals surface area contributed by atoms with Crippen LogP contribution in [0.1, 0.15) is 6.42 Å². The van der Waals surface area contributed by atoms with Crippen molar-refractivity contribution in [3.8, 4) is 0 Å². The predicted octanol–water partition coefficient (Wildman–Crippen LogP) is 0.572. The zero-order valence-electron chi connectivity index (χ0n) is 7.47. The Morgan fingerprint density at radius 2 is 2.21 bits per heavy atom. The fourth-order valence-electron chi connectivity index (χ4n) is 1.38. The van der Waals surface area contributed by atoms with Crippen LogP contribution in [-0.4, -0.2) is 42.3 Å². The lowest BCUT2D eigenvalue weighted by atomic mass is 10.2. The van der Waals surface area contributed by atoms with E-state index in [1.807, 2.05) is 9.39 Å². The normalized spacial score (nSPS) is 23.5. The highest BCUT2D eigenvalue weighted by molar-refractivity contribution is 7.13. The lowest BCUT2D eigenvalue weighted by Gasteiger charge is -2.21. The van der Waals surface area contributed by atoms with Crippen LogP contribution in [0.3, 0.4) is 0 Å². The number of carbonyl (C=O) groups excluding carboxylic acids is 1. The summed E-state index contributed by atoms with van der Waals surface area (Å²) < 4.78 is 36.8.